The summed E-state index contributed by atoms with van der Waals surface area (Å²) in [5.74, 6) is -2.56. The van der Waals surface area contributed by atoms with Crippen LogP contribution in [-0.2, 0) is 10.3 Å². The molecule has 1 aromatic carbocycles. The van der Waals surface area contributed by atoms with Crippen LogP contribution in [0.15, 0.2) is 17.1 Å². The molecule has 0 amide bonds. The molecule has 4 nitrogen and oxygen atoms in total. The van der Waals surface area contributed by atoms with E-state index in [1.807, 2.05) is 0 Å². The summed E-state index contributed by atoms with van der Waals surface area (Å²) in [4.78, 5) is 3.59. The van der Waals surface area contributed by atoms with E-state index in [2.05, 4.69) is 4.99 Å². The molecule has 1 heterocycles. The van der Waals surface area contributed by atoms with Gasteiger partial charge in [-0.3, -0.25) is 4.99 Å². The van der Waals surface area contributed by atoms with Gasteiger partial charge in [-0.1, -0.05) is 6.07 Å². The number of amidine groups is 1. The quantitative estimate of drug-likeness (QED) is 0.843. The van der Waals surface area contributed by atoms with E-state index in [0.717, 1.165) is 0 Å². The van der Waals surface area contributed by atoms with Crippen LogP contribution in [0.3, 0.4) is 0 Å². The molecule has 0 saturated carbocycles. The smallest absolute Gasteiger partial charge is 0.269 e. The Labute approximate surface area is 106 Å². The lowest BCUT2D eigenvalue weighted by molar-refractivity contribution is -0.0146. The van der Waals surface area contributed by atoms with E-state index in [9.17, 15) is 17.6 Å². The highest BCUT2D eigenvalue weighted by Crippen LogP contribution is 2.38. The molecule has 0 radical (unpaired) electrons. The fourth-order valence-electron chi connectivity index (χ4n) is 1.88. The summed E-state index contributed by atoms with van der Waals surface area (Å²) in [5.41, 5.74) is 8.96. The summed E-state index contributed by atoms with van der Waals surface area (Å²) in [6.07, 6.45) is -3.11. The zero-order chi connectivity index (χ0) is 14.2. The van der Waals surface area contributed by atoms with Gasteiger partial charge in [0.15, 0.2) is 5.54 Å². The van der Waals surface area contributed by atoms with Gasteiger partial charge in [-0.2, -0.15) is 0 Å². The van der Waals surface area contributed by atoms with Gasteiger partial charge in [-0.05, 0) is 0 Å². The fourth-order valence-corrected chi connectivity index (χ4v) is 1.88. The molecule has 1 atom stereocenters. The van der Waals surface area contributed by atoms with Crippen molar-refractivity contribution in [3.8, 4) is 0 Å². The summed E-state index contributed by atoms with van der Waals surface area (Å²) in [5, 5.41) is 0. The summed E-state index contributed by atoms with van der Waals surface area (Å²) >= 11 is 0. The molecule has 3 N–H and O–H groups in total. The number of alkyl halides is 2. The molecule has 2 rings (SSSR count). The van der Waals surface area contributed by atoms with Gasteiger partial charge >= 0.3 is 0 Å². The van der Waals surface area contributed by atoms with Crippen molar-refractivity contribution in [2.75, 3.05) is 13.2 Å². The van der Waals surface area contributed by atoms with Crippen molar-refractivity contribution in [3.63, 3.8) is 0 Å². The van der Waals surface area contributed by atoms with E-state index in [1.54, 1.807) is 0 Å². The van der Waals surface area contributed by atoms with Crippen LogP contribution in [0.1, 0.15) is 5.56 Å². The largest absolute Gasteiger partial charge is 0.696 e. The van der Waals surface area contributed by atoms with Crippen LogP contribution < -0.4 is 5.73 Å². The molecule has 104 valence electrons. The van der Waals surface area contributed by atoms with Crippen LogP contribution >= 0.6 is 0 Å². The average Bonchev–Trinajstić information content (AvgIpc) is 2.33. The number of benzene rings is 1. The fraction of sp³-hybridized carbons (Fsp3) is 0.364. The van der Waals surface area contributed by atoms with Gasteiger partial charge in [-0.15, -0.1) is 5.69 Å². The molecular weight excluding hydrogens is 266 g/mol. The zero-order valence-electron chi connectivity index (χ0n) is 9.59. The van der Waals surface area contributed by atoms with Crippen molar-refractivity contribution in [2.45, 2.75) is 12.0 Å². The predicted octanol–water partition coefficient (Wildman–Crippen LogP) is 2.50. The van der Waals surface area contributed by atoms with Crippen molar-refractivity contribution in [2.24, 2.45) is 10.7 Å². The standard InChI is InChI=1S/C11H10F4N3O/c12-6-2-7(13)8(16)1-5(6)11(10(14)15)4-19-3-9(17)18-11/h1-2,10,16H,3-4H2,(H2,17,18)/q-1. The van der Waals surface area contributed by atoms with Crippen LogP contribution in [0.25, 0.3) is 5.73 Å². The number of rotatable bonds is 2. The number of nitrogens with two attached hydrogens (primary N) is 1. The number of nitrogens with zero attached hydrogens (tertiary/aromatic N) is 1. The third-order valence-electron chi connectivity index (χ3n) is 2.80. The van der Waals surface area contributed by atoms with Crippen molar-refractivity contribution in [3.05, 3.63) is 35.1 Å². The minimum atomic E-state index is -3.11. The first-order chi connectivity index (χ1) is 8.86. The van der Waals surface area contributed by atoms with Gasteiger partial charge in [0.1, 0.15) is 24.1 Å². The van der Waals surface area contributed by atoms with E-state index >= 15 is 0 Å². The Bertz CT molecular complexity index is 535. The Morgan fingerprint density at radius 1 is 1.32 bits per heavy atom. The number of ether oxygens (including phenoxy) is 1. The number of aliphatic imine (C=N–C) groups is 1. The van der Waals surface area contributed by atoms with E-state index in [0.29, 0.717) is 12.1 Å². The average molecular weight is 276 g/mol. The lowest BCUT2D eigenvalue weighted by atomic mass is 9.90. The van der Waals surface area contributed by atoms with Crippen LogP contribution in [0, 0.1) is 11.6 Å². The van der Waals surface area contributed by atoms with E-state index < -0.39 is 41.5 Å². The van der Waals surface area contributed by atoms with Crippen molar-refractivity contribution >= 4 is 11.5 Å². The van der Waals surface area contributed by atoms with Crippen molar-refractivity contribution in [1.82, 2.24) is 0 Å². The second kappa shape index (κ2) is 4.69. The maximum Gasteiger partial charge on any atom is 0.269 e. The molecule has 8 heteroatoms. The maximum absolute atomic E-state index is 13.7. The Kier molecular flexibility index (Phi) is 3.36. The highest BCUT2D eigenvalue weighted by molar-refractivity contribution is 5.82. The molecule has 0 fully saturated rings. The van der Waals surface area contributed by atoms with Gasteiger partial charge in [0, 0.05) is 11.6 Å². The van der Waals surface area contributed by atoms with Crippen LogP contribution in [0.4, 0.5) is 23.2 Å². The third kappa shape index (κ3) is 2.23. The highest BCUT2D eigenvalue weighted by atomic mass is 19.3. The summed E-state index contributed by atoms with van der Waals surface area (Å²) in [6, 6.07) is 1.06. The molecule has 1 unspecified atom stereocenters. The normalized spacial score (nSPS) is 23.5. The summed E-state index contributed by atoms with van der Waals surface area (Å²) < 4.78 is 58.2. The lowest BCUT2D eigenvalue weighted by Crippen LogP contribution is -2.45. The van der Waals surface area contributed by atoms with E-state index in [1.165, 1.54) is 0 Å². The van der Waals surface area contributed by atoms with Crippen LogP contribution in [-0.4, -0.2) is 25.5 Å². The van der Waals surface area contributed by atoms with Gasteiger partial charge < -0.3 is 16.2 Å². The monoisotopic (exact) mass is 276 g/mol. The molecule has 19 heavy (non-hydrogen) atoms. The van der Waals surface area contributed by atoms with Crippen molar-refractivity contribution in [1.29, 1.82) is 0 Å². The van der Waals surface area contributed by atoms with E-state index in [-0.39, 0.29) is 12.4 Å². The van der Waals surface area contributed by atoms with Gasteiger partial charge in [-0.25, -0.2) is 17.6 Å². The Balaban J connectivity index is 2.64. The first-order valence-corrected chi connectivity index (χ1v) is 5.28. The molecule has 0 spiro atoms. The van der Waals surface area contributed by atoms with Crippen LogP contribution in [0.2, 0.25) is 0 Å². The van der Waals surface area contributed by atoms with Crippen molar-refractivity contribution < 1.29 is 22.3 Å². The predicted molar refractivity (Wildman–Crippen MR) is 60.5 cm³/mol. The zero-order valence-corrected chi connectivity index (χ0v) is 9.59. The SMILES string of the molecule is [NH-]c1cc(C2(C(F)F)COCC(N)=N2)c(F)cc1F. The molecule has 0 bridgehead atoms. The summed E-state index contributed by atoms with van der Waals surface area (Å²) in [7, 11) is 0. The van der Waals surface area contributed by atoms with Gasteiger partial charge in [0.05, 0.1) is 6.61 Å². The second-order valence-electron chi connectivity index (χ2n) is 4.13. The minimum absolute atomic E-state index is 0.134. The molecule has 1 aliphatic rings. The van der Waals surface area contributed by atoms with Gasteiger partial charge in [0.2, 0.25) is 0 Å². The highest BCUT2D eigenvalue weighted by Gasteiger charge is 2.46. The maximum atomic E-state index is 13.7. The third-order valence-corrected chi connectivity index (χ3v) is 2.80. The first kappa shape index (κ1) is 13.6. The number of halogens is 4. The number of hydrogen-bond donors (Lipinski definition) is 1. The lowest BCUT2D eigenvalue weighted by Gasteiger charge is -2.33. The molecule has 0 aliphatic carbocycles. The van der Waals surface area contributed by atoms with E-state index in [4.69, 9.17) is 16.2 Å². The van der Waals surface area contributed by atoms with Crippen LogP contribution in [0.5, 0.6) is 0 Å². The molecule has 0 aromatic heterocycles. The Morgan fingerprint density at radius 2 is 2.00 bits per heavy atom. The Hall–Kier alpha value is -1.83. The second-order valence-corrected chi connectivity index (χ2v) is 4.13. The first-order valence-electron chi connectivity index (χ1n) is 5.28. The topological polar surface area (TPSA) is 71.4 Å². The Morgan fingerprint density at radius 3 is 2.58 bits per heavy atom. The molecule has 1 aliphatic heterocycles. The molecule has 1 aromatic rings. The minimum Gasteiger partial charge on any atom is -0.696 e. The van der Waals surface area contributed by atoms with Gasteiger partial charge in [0.25, 0.3) is 6.43 Å². The molecular formula is C11H10F4N3O-. The molecule has 0 saturated heterocycles. The summed E-state index contributed by atoms with van der Waals surface area (Å²) in [6.45, 7) is -0.724. The number of nitrogens with one attached hydrogen (secondary N) is 1. The number of hydrogen-bond acceptors (Lipinski definition) is 3.